The average molecular weight is 363 g/mol. The van der Waals surface area contributed by atoms with Gasteiger partial charge >= 0.3 is 0 Å². The third-order valence-corrected chi connectivity index (χ3v) is 3.79. The van der Waals surface area contributed by atoms with Crippen molar-refractivity contribution in [1.29, 1.82) is 0 Å². The summed E-state index contributed by atoms with van der Waals surface area (Å²) in [6.07, 6.45) is 0. The molecule has 0 saturated heterocycles. The monoisotopic (exact) mass is 363 g/mol. The Balaban J connectivity index is 2.05. The van der Waals surface area contributed by atoms with Crippen LogP contribution in [0.1, 0.15) is 5.56 Å². The van der Waals surface area contributed by atoms with Crippen molar-refractivity contribution in [2.75, 3.05) is 35.0 Å². The van der Waals surface area contributed by atoms with E-state index in [2.05, 4.69) is 0 Å². The molecule has 6 nitrogen and oxygen atoms in total. The van der Waals surface area contributed by atoms with E-state index in [4.69, 9.17) is 18.9 Å². The first kappa shape index (κ1) is 19.4. The highest BCUT2D eigenvalue weighted by Gasteiger charge is 2.19. The standard InChI is InChI=1S/C19H22FNO5/c1-21(17(22)12-26-15-8-6-14(20)7-9-15)11-13-5-10-16(23-2)19(25-4)18(13)24-3/h5-10H,11-12H2,1-4H3. The highest BCUT2D eigenvalue weighted by molar-refractivity contribution is 5.77. The third kappa shape index (κ3) is 4.56. The Bertz CT molecular complexity index is 748. The van der Waals surface area contributed by atoms with E-state index in [0.717, 1.165) is 5.56 Å². The van der Waals surface area contributed by atoms with Crippen molar-refractivity contribution in [3.8, 4) is 23.0 Å². The van der Waals surface area contributed by atoms with Crippen LogP contribution in [0.5, 0.6) is 23.0 Å². The van der Waals surface area contributed by atoms with Crippen molar-refractivity contribution in [2.24, 2.45) is 0 Å². The van der Waals surface area contributed by atoms with Gasteiger partial charge in [-0.2, -0.15) is 0 Å². The molecule has 0 aliphatic carbocycles. The maximum atomic E-state index is 12.9. The maximum Gasteiger partial charge on any atom is 0.260 e. The van der Waals surface area contributed by atoms with Gasteiger partial charge in [0, 0.05) is 19.2 Å². The molecule has 0 N–H and O–H groups in total. The molecule has 2 rings (SSSR count). The second-order valence-electron chi connectivity index (χ2n) is 5.49. The third-order valence-electron chi connectivity index (χ3n) is 3.79. The first-order valence-corrected chi connectivity index (χ1v) is 7.90. The summed E-state index contributed by atoms with van der Waals surface area (Å²) in [6.45, 7) is 0.146. The van der Waals surface area contributed by atoms with Crippen molar-refractivity contribution < 1.29 is 28.1 Å². The Morgan fingerprint density at radius 3 is 2.19 bits per heavy atom. The number of methoxy groups -OCH3 is 3. The molecule has 26 heavy (non-hydrogen) atoms. The summed E-state index contributed by atoms with van der Waals surface area (Å²) in [4.78, 5) is 13.8. The minimum Gasteiger partial charge on any atom is -0.493 e. The summed E-state index contributed by atoms with van der Waals surface area (Å²) in [6, 6.07) is 9.06. The van der Waals surface area contributed by atoms with E-state index in [1.165, 1.54) is 43.4 Å². The number of benzene rings is 2. The summed E-state index contributed by atoms with van der Waals surface area (Å²) >= 11 is 0. The van der Waals surface area contributed by atoms with Gasteiger partial charge in [0.25, 0.3) is 5.91 Å². The fourth-order valence-electron chi connectivity index (χ4n) is 2.42. The lowest BCUT2D eigenvalue weighted by molar-refractivity contribution is -0.132. The molecule has 0 spiro atoms. The summed E-state index contributed by atoms with van der Waals surface area (Å²) < 4.78 is 34.3. The van der Waals surface area contributed by atoms with E-state index in [9.17, 15) is 9.18 Å². The van der Waals surface area contributed by atoms with Gasteiger partial charge in [-0.25, -0.2) is 4.39 Å². The van der Waals surface area contributed by atoms with Gasteiger partial charge in [-0.15, -0.1) is 0 Å². The lowest BCUT2D eigenvalue weighted by atomic mass is 10.1. The summed E-state index contributed by atoms with van der Waals surface area (Å²) in [5.41, 5.74) is 0.766. The Hall–Kier alpha value is -2.96. The first-order chi connectivity index (χ1) is 12.5. The van der Waals surface area contributed by atoms with Crippen LogP contribution in [0.4, 0.5) is 4.39 Å². The van der Waals surface area contributed by atoms with E-state index in [1.807, 2.05) is 6.07 Å². The second kappa shape index (κ2) is 8.94. The number of ether oxygens (including phenoxy) is 4. The highest BCUT2D eigenvalue weighted by Crippen LogP contribution is 2.40. The molecular formula is C19H22FNO5. The minimum atomic E-state index is -0.360. The quantitative estimate of drug-likeness (QED) is 0.722. The number of nitrogens with zero attached hydrogens (tertiary/aromatic N) is 1. The summed E-state index contributed by atoms with van der Waals surface area (Å²) in [5.74, 6) is 1.35. The molecule has 0 unspecified atom stereocenters. The number of hydrogen-bond acceptors (Lipinski definition) is 5. The molecule has 0 heterocycles. The summed E-state index contributed by atoms with van der Waals surface area (Å²) in [5, 5.41) is 0. The minimum absolute atomic E-state index is 0.155. The topological polar surface area (TPSA) is 57.2 Å². The second-order valence-corrected chi connectivity index (χ2v) is 5.49. The molecule has 0 fully saturated rings. The normalized spacial score (nSPS) is 10.2. The van der Waals surface area contributed by atoms with Crippen molar-refractivity contribution in [3.63, 3.8) is 0 Å². The lowest BCUT2D eigenvalue weighted by Crippen LogP contribution is -2.31. The van der Waals surface area contributed by atoms with Crippen LogP contribution in [0.2, 0.25) is 0 Å². The molecule has 0 aliphatic heterocycles. The Morgan fingerprint density at radius 2 is 1.62 bits per heavy atom. The zero-order chi connectivity index (χ0) is 19.1. The van der Waals surface area contributed by atoms with Gasteiger partial charge in [-0.05, 0) is 36.4 Å². The highest BCUT2D eigenvalue weighted by atomic mass is 19.1. The molecule has 1 amide bonds. The largest absolute Gasteiger partial charge is 0.493 e. The number of halogens is 1. The van der Waals surface area contributed by atoms with E-state index in [-0.39, 0.29) is 18.3 Å². The molecule has 140 valence electrons. The molecule has 7 heteroatoms. The van der Waals surface area contributed by atoms with Crippen LogP contribution >= 0.6 is 0 Å². The molecule has 0 bridgehead atoms. The Kier molecular flexibility index (Phi) is 6.66. The zero-order valence-corrected chi connectivity index (χ0v) is 15.2. The van der Waals surface area contributed by atoms with Crippen LogP contribution in [0.25, 0.3) is 0 Å². The average Bonchev–Trinajstić information content (AvgIpc) is 2.66. The van der Waals surface area contributed by atoms with Gasteiger partial charge in [0.05, 0.1) is 21.3 Å². The lowest BCUT2D eigenvalue weighted by Gasteiger charge is -2.21. The molecule has 0 radical (unpaired) electrons. The molecule has 0 aliphatic rings. The van der Waals surface area contributed by atoms with E-state index < -0.39 is 0 Å². The van der Waals surface area contributed by atoms with Crippen LogP contribution in [0.15, 0.2) is 36.4 Å². The van der Waals surface area contributed by atoms with Crippen molar-refractivity contribution >= 4 is 5.91 Å². The fourth-order valence-corrected chi connectivity index (χ4v) is 2.42. The van der Waals surface area contributed by atoms with Crippen LogP contribution in [0, 0.1) is 5.82 Å². The number of hydrogen-bond donors (Lipinski definition) is 0. The van der Waals surface area contributed by atoms with E-state index >= 15 is 0 Å². The number of rotatable bonds is 8. The van der Waals surface area contributed by atoms with Crippen molar-refractivity contribution in [3.05, 3.63) is 47.8 Å². The number of amides is 1. The number of carbonyl (C=O) groups excluding carboxylic acids is 1. The summed E-state index contributed by atoms with van der Waals surface area (Å²) in [7, 11) is 6.25. The van der Waals surface area contributed by atoms with Gasteiger partial charge in [-0.3, -0.25) is 4.79 Å². The number of likely N-dealkylation sites (N-methyl/N-ethyl adjacent to an activating group) is 1. The van der Waals surface area contributed by atoms with Gasteiger partial charge in [0.2, 0.25) is 5.75 Å². The molecule has 0 atom stereocenters. The van der Waals surface area contributed by atoms with Gasteiger partial charge in [0.1, 0.15) is 11.6 Å². The Morgan fingerprint density at radius 1 is 0.962 bits per heavy atom. The molecular weight excluding hydrogens is 341 g/mol. The van der Waals surface area contributed by atoms with Gasteiger partial charge in [0.15, 0.2) is 18.1 Å². The van der Waals surface area contributed by atoms with E-state index in [1.54, 1.807) is 20.2 Å². The molecule has 0 aromatic heterocycles. The predicted octanol–water partition coefficient (Wildman–Crippen LogP) is 2.89. The van der Waals surface area contributed by atoms with Crippen molar-refractivity contribution in [2.45, 2.75) is 6.54 Å². The molecule has 2 aromatic carbocycles. The van der Waals surface area contributed by atoms with Gasteiger partial charge in [-0.1, -0.05) is 0 Å². The van der Waals surface area contributed by atoms with Crippen LogP contribution < -0.4 is 18.9 Å². The number of carbonyl (C=O) groups is 1. The van der Waals surface area contributed by atoms with Crippen LogP contribution in [-0.4, -0.2) is 45.8 Å². The van der Waals surface area contributed by atoms with E-state index in [0.29, 0.717) is 29.5 Å². The molecule has 2 aromatic rings. The fraction of sp³-hybridized carbons (Fsp3) is 0.316. The first-order valence-electron chi connectivity index (χ1n) is 7.90. The Labute approximate surface area is 152 Å². The van der Waals surface area contributed by atoms with Crippen LogP contribution in [-0.2, 0) is 11.3 Å². The van der Waals surface area contributed by atoms with Gasteiger partial charge < -0.3 is 23.8 Å². The van der Waals surface area contributed by atoms with Crippen molar-refractivity contribution in [1.82, 2.24) is 4.90 Å². The molecule has 0 saturated carbocycles. The smallest absolute Gasteiger partial charge is 0.260 e. The predicted molar refractivity (Wildman–Crippen MR) is 94.5 cm³/mol. The maximum absolute atomic E-state index is 12.9. The zero-order valence-electron chi connectivity index (χ0n) is 15.2. The SMILES string of the molecule is COc1ccc(CN(C)C(=O)COc2ccc(F)cc2)c(OC)c1OC. The van der Waals surface area contributed by atoms with Crippen LogP contribution in [0.3, 0.4) is 0 Å².